The molecule has 0 aliphatic carbocycles. The van der Waals surface area contributed by atoms with E-state index in [4.69, 9.17) is 23.2 Å². The Labute approximate surface area is 153 Å². The lowest BCUT2D eigenvalue weighted by Gasteiger charge is -1.98. The Hall–Kier alpha value is -1.88. The third kappa shape index (κ3) is 3.78. The molecule has 1 N–H and O–H groups in total. The number of nitrogens with one attached hydrogen (secondary N) is 1. The van der Waals surface area contributed by atoms with Gasteiger partial charge in [0.05, 0.1) is 20.3 Å². The van der Waals surface area contributed by atoms with Gasteiger partial charge in [0, 0.05) is 6.08 Å². The fourth-order valence-electron chi connectivity index (χ4n) is 2.36. The van der Waals surface area contributed by atoms with Gasteiger partial charge in [0.15, 0.2) is 5.13 Å². The Morgan fingerprint density at radius 1 is 1.17 bits per heavy atom. The fraction of sp³-hybridized carbons (Fsp3) is 0.111. The lowest BCUT2D eigenvalue weighted by atomic mass is 10.1. The minimum atomic E-state index is -0.241. The minimum absolute atomic E-state index is 0.241. The molecule has 0 spiro atoms. The summed E-state index contributed by atoms with van der Waals surface area (Å²) in [5.41, 5.74) is 4.01. The number of amides is 1. The number of aryl methyl sites for hydroxylation is 2. The fourth-order valence-corrected chi connectivity index (χ4v) is 3.71. The monoisotopic (exact) mass is 376 g/mol. The summed E-state index contributed by atoms with van der Waals surface area (Å²) in [7, 11) is 0. The summed E-state index contributed by atoms with van der Waals surface area (Å²) >= 11 is 13.3. The van der Waals surface area contributed by atoms with E-state index in [0.717, 1.165) is 21.3 Å². The first-order valence-corrected chi connectivity index (χ1v) is 8.81. The van der Waals surface area contributed by atoms with E-state index in [9.17, 15) is 4.79 Å². The quantitative estimate of drug-likeness (QED) is 0.580. The molecule has 0 bridgehead atoms. The van der Waals surface area contributed by atoms with E-state index >= 15 is 0 Å². The van der Waals surface area contributed by atoms with Gasteiger partial charge in [0.25, 0.3) is 0 Å². The lowest BCUT2D eigenvalue weighted by Crippen LogP contribution is -2.07. The summed E-state index contributed by atoms with van der Waals surface area (Å²) in [6.45, 7) is 4.06. The Kier molecular flexibility index (Phi) is 4.90. The van der Waals surface area contributed by atoms with Crippen LogP contribution in [0.15, 0.2) is 36.4 Å². The molecule has 0 aliphatic heterocycles. The van der Waals surface area contributed by atoms with Crippen molar-refractivity contribution in [3.63, 3.8) is 0 Å². The van der Waals surface area contributed by atoms with Gasteiger partial charge >= 0.3 is 0 Å². The zero-order valence-electron chi connectivity index (χ0n) is 13.1. The highest BCUT2D eigenvalue weighted by molar-refractivity contribution is 7.22. The highest BCUT2D eigenvalue weighted by Crippen LogP contribution is 2.29. The Bertz CT molecular complexity index is 963. The first kappa shape index (κ1) is 17.0. The second kappa shape index (κ2) is 6.93. The number of carbonyl (C=O) groups is 1. The molecule has 0 unspecified atom stereocenters. The second-order valence-corrected chi connectivity index (χ2v) is 7.29. The molecule has 122 valence electrons. The molecule has 1 aromatic heterocycles. The van der Waals surface area contributed by atoms with Gasteiger partial charge in [0.2, 0.25) is 5.91 Å². The lowest BCUT2D eigenvalue weighted by molar-refractivity contribution is -0.111. The smallest absolute Gasteiger partial charge is 0.250 e. The van der Waals surface area contributed by atoms with Gasteiger partial charge in [-0.3, -0.25) is 10.1 Å². The number of hydrogen-bond acceptors (Lipinski definition) is 3. The van der Waals surface area contributed by atoms with Crippen molar-refractivity contribution in [2.24, 2.45) is 0 Å². The van der Waals surface area contributed by atoms with E-state index in [2.05, 4.69) is 22.4 Å². The van der Waals surface area contributed by atoms with Crippen LogP contribution in [0.2, 0.25) is 10.0 Å². The highest BCUT2D eigenvalue weighted by atomic mass is 35.5. The van der Waals surface area contributed by atoms with Crippen molar-refractivity contribution in [3.05, 3.63) is 63.1 Å². The number of halogens is 2. The van der Waals surface area contributed by atoms with E-state index in [0.29, 0.717) is 15.2 Å². The van der Waals surface area contributed by atoms with Crippen molar-refractivity contribution >= 4 is 61.9 Å². The molecule has 0 fully saturated rings. The molecule has 3 nitrogen and oxygen atoms in total. The summed E-state index contributed by atoms with van der Waals surface area (Å²) in [4.78, 5) is 16.6. The van der Waals surface area contributed by atoms with E-state index in [1.54, 1.807) is 24.3 Å². The number of nitrogens with zero attached hydrogens (tertiary/aromatic N) is 1. The molecule has 1 amide bonds. The highest BCUT2D eigenvalue weighted by Gasteiger charge is 2.08. The first-order valence-electron chi connectivity index (χ1n) is 7.24. The molecular weight excluding hydrogens is 363 g/mol. The average Bonchev–Trinajstić information content (AvgIpc) is 2.91. The van der Waals surface area contributed by atoms with E-state index in [1.165, 1.54) is 23.0 Å². The summed E-state index contributed by atoms with van der Waals surface area (Å²) in [5.74, 6) is -0.241. The standard InChI is InChI=1S/C18H14Cl2N2OS/c1-10-7-11(2)17-15(8-10)24-18(22-17)21-16(23)6-4-12-3-5-13(19)14(20)9-12/h3-9H,1-2H3,(H,21,22,23)/b6-4+. The van der Waals surface area contributed by atoms with Crippen molar-refractivity contribution in [1.82, 2.24) is 4.98 Å². The molecule has 0 saturated carbocycles. The van der Waals surface area contributed by atoms with Crippen molar-refractivity contribution in [2.45, 2.75) is 13.8 Å². The van der Waals surface area contributed by atoms with Crippen LogP contribution < -0.4 is 5.32 Å². The van der Waals surface area contributed by atoms with Gasteiger partial charge in [-0.2, -0.15) is 0 Å². The molecule has 0 radical (unpaired) electrons. The number of thiazole rings is 1. The Balaban J connectivity index is 1.76. The Morgan fingerprint density at radius 3 is 2.71 bits per heavy atom. The van der Waals surface area contributed by atoms with Gasteiger partial charge in [-0.05, 0) is 54.8 Å². The zero-order chi connectivity index (χ0) is 17.3. The third-order valence-corrected chi connectivity index (χ3v) is 5.09. The van der Waals surface area contributed by atoms with Gasteiger partial charge in [-0.25, -0.2) is 4.98 Å². The molecule has 24 heavy (non-hydrogen) atoms. The molecule has 2 aromatic carbocycles. The van der Waals surface area contributed by atoms with Crippen molar-refractivity contribution in [1.29, 1.82) is 0 Å². The van der Waals surface area contributed by atoms with Crippen molar-refractivity contribution < 1.29 is 4.79 Å². The number of aromatic nitrogens is 1. The number of fused-ring (bicyclic) bond motifs is 1. The van der Waals surface area contributed by atoms with Gasteiger partial charge in [0.1, 0.15) is 0 Å². The maximum Gasteiger partial charge on any atom is 0.250 e. The molecule has 0 aliphatic rings. The predicted octanol–water partition coefficient (Wildman–Crippen LogP) is 5.87. The van der Waals surface area contributed by atoms with E-state index in [-0.39, 0.29) is 5.91 Å². The molecule has 3 rings (SSSR count). The van der Waals surface area contributed by atoms with E-state index < -0.39 is 0 Å². The zero-order valence-corrected chi connectivity index (χ0v) is 15.4. The predicted molar refractivity (Wildman–Crippen MR) is 103 cm³/mol. The summed E-state index contributed by atoms with van der Waals surface area (Å²) < 4.78 is 1.07. The summed E-state index contributed by atoms with van der Waals surface area (Å²) in [5, 5.41) is 4.32. The number of benzene rings is 2. The van der Waals surface area contributed by atoms with Crippen LogP contribution in [-0.4, -0.2) is 10.9 Å². The maximum absolute atomic E-state index is 12.1. The molecule has 1 heterocycles. The number of anilines is 1. The van der Waals surface area contributed by atoms with Crippen LogP contribution in [0.4, 0.5) is 5.13 Å². The number of carbonyl (C=O) groups excluding carboxylic acids is 1. The maximum atomic E-state index is 12.1. The summed E-state index contributed by atoms with van der Waals surface area (Å²) in [6, 6.07) is 9.35. The second-order valence-electron chi connectivity index (χ2n) is 5.44. The molecular formula is C18H14Cl2N2OS. The summed E-state index contributed by atoms with van der Waals surface area (Å²) in [6.07, 6.45) is 3.13. The molecule has 0 saturated heterocycles. The normalized spacial score (nSPS) is 11.3. The third-order valence-electron chi connectivity index (χ3n) is 3.43. The van der Waals surface area contributed by atoms with Crippen molar-refractivity contribution in [3.8, 4) is 0 Å². The number of rotatable bonds is 3. The van der Waals surface area contributed by atoms with Gasteiger partial charge in [-0.1, -0.05) is 46.7 Å². The van der Waals surface area contributed by atoms with Crippen LogP contribution >= 0.6 is 34.5 Å². The Morgan fingerprint density at radius 2 is 1.96 bits per heavy atom. The van der Waals surface area contributed by atoms with Gasteiger partial charge in [-0.15, -0.1) is 0 Å². The van der Waals surface area contributed by atoms with Crippen LogP contribution in [0.3, 0.4) is 0 Å². The largest absolute Gasteiger partial charge is 0.298 e. The number of hydrogen-bond donors (Lipinski definition) is 1. The topological polar surface area (TPSA) is 42.0 Å². The van der Waals surface area contributed by atoms with Crippen LogP contribution in [0.5, 0.6) is 0 Å². The van der Waals surface area contributed by atoms with Crippen LogP contribution in [0.25, 0.3) is 16.3 Å². The molecule has 3 aromatic rings. The SMILES string of the molecule is Cc1cc(C)c2nc(NC(=O)/C=C/c3ccc(Cl)c(Cl)c3)sc2c1. The minimum Gasteiger partial charge on any atom is -0.298 e. The molecule has 0 atom stereocenters. The first-order chi connectivity index (χ1) is 11.4. The van der Waals surface area contributed by atoms with Gasteiger partial charge < -0.3 is 0 Å². The van der Waals surface area contributed by atoms with Crippen LogP contribution in [0.1, 0.15) is 16.7 Å². The van der Waals surface area contributed by atoms with Crippen molar-refractivity contribution in [2.75, 3.05) is 5.32 Å². The van der Waals surface area contributed by atoms with Crippen LogP contribution in [-0.2, 0) is 4.79 Å². The average molecular weight is 377 g/mol. The van der Waals surface area contributed by atoms with E-state index in [1.807, 2.05) is 13.8 Å². The van der Waals surface area contributed by atoms with Crippen LogP contribution in [0, 0.1) is 13.8 Å². The molecule has 6 heteroatoms.